The Morgan fingerprint density at radius 2 is 2.13 bits per heavy atom. The summed E-state index contributed by atoms with van der Waals surface area (Å²) in [5, 5.41) is 11.9. The quantitative estimate of drug-likeness (QED) is 0.761. The smallest absolute Gasteiger partial charge is 0.326 e. The van der Waals surface area contributed by atoms with Gasteiger partial charge in [-0.15, -0.1) is 0 Å². The first-order valence-corrected chi connectivity index (χ1v) is 8.79. The molecule has 0 aromatic heterocycles. The highest BCUT2D eigenvalue weighted by atomic mass is 32.2. The minimum absolute atomic E-state index is 0.146. The summed E-state index contributed by atoms with van der Waals surface area (Å²) >= 11 is 1.16. The van der Waals surface area contributed by atoms with Gasteiger partial charge in [0.25, 0.3) is 11.1 Å². The van der Waals surface area contributed by atoms with Gasteiger partial charge in [-0.25, -0.2) is 0 Å². The lowest BCUT2D eigenvalue weighted by Crippen LogP contribution is -2.52. The third kappa shape index (κ3) is 4.61. The van der Waals surface area contributed by atoms with E-state index >= 15 is 0 Å². The van der Waals surface area contributed by atoms with Gasteiger partial charge >= 0.3 is 5.97 Å². The maximum Gasteiger partial charge on any atom is 0.326 e. The molecule has 1 heterocycles. The highest BCUT2D eigenvalue weighted by molar-refractivity contribution is 8.13. The highest BCUT2D eigenvalue weighted by Crippen LogP contribution is 2.27. The number of thioether (sulfide) groups is 1. The topological polar surface area (TPSA) is 99.5 Å². The molecule has 126 valence electrons. The van der Waals surface area contributed by atoms with Gasteiger partial charge in [0.1, 0.15) is 12.1 Å². The van der Waals surface area contributed by atoms with Crippen molar-refractivity contribution >= 4 is 28.9 Å². The number of nitriles is 1. The van der Waals surface area contributed by atoms with Crippen molar-refractivity contribution in [3.63, 3.8) is 0 Å². The molecular weight excluding hydrogens is 318 g/mol. The number of amides is 2. The number of nitrogens with zero attached hydrogens (tertiary/aromatic N) is 2. The average Bonchev–Trinajstić information content (AvgIpc) is 2.93. The van der Waals surface area contributed by atoms with E-state index in [9.17, 15) is 19.6 Å². The molecule has 1 N–H and O–H groups in total. The van der Waals surface area contributed by atoms with Crippen molar-refractivity contribution in [2.75, 3.05) is 18.8 Å². The largest absolute Gasteiger partial charge is 0.451 e. The van der Waals surface area contributed by atoms with E-state index < -0.39 is 23.5 Å². The van der Waals surface area contributed by atoms with Gasteiger partial charge in [0.15, 0.2) is 6.10 Å². The van der Waals surface area contributed by atoms with Crippen LogP contribution in [0.5, 0.6) is 0 Å². The number of rotatable bonds is 5. The molecule has 8 heteroatoms. The lowest BCUT2D eigenvalue weighted by molar-refractivity contribution is -0.155. The van der Waals surface area contributed by atoms with Crippen LogP contribution >= 0.6 is 11.8 Å². The van der Waals surface area contributed by atoms with E-state index in [2.05, 4.69) is 11.4 Å². The highest BCUT2D eigenvalue weighted by Gasteiger charge is 2.35. The van der Waals surface area contributed by atoms with Crippen molar-refractivity contribution in [1.29, 1.82) is 5.26 Å². The van der Waals surface area contributed by atoms with E-state index in [-0.39, 0.29) is 11.8 Å². The summed E-state index contributed by atoms with van der Waals surface area (Å²) in [6.45, 7) is 1.84. The number of carbonyl (C=O) groups is 3. The van der Waals surface area contributed by atoms with Gasteiger partial charge < -0.3 is 15.0 Å². The first-order valence-electron chi connectivity index (χ1n) is 7.80. The summed E-state index contributed by atoms with van der Waals surface area (Å²) in [4.78, 5) is 36.9. The first kappa shape index (κ1) is 17.6. The summed E-state index contributed by atoms with van der Waals surface area (Å²) < 4.78 is 5.09. The van der Waals surface area contributed by atoms with Gasteiger partial charge in [-0.2, -0.15) is 5.26 Å². The van der Waals surface area contributed by atoms with Gasteiger partial charge in [0, 0.05) is 12.3 Å². The zero-order chi connectivity index (χ0) is 16.9. The minimum atomic E-state index is -0.986. The number of nitrogens with one attached hydrogen (secondary N) is 1. The van der Waals surface area contributed by atoms with E-state index in [1.165, 1.54) is 11.8 Å². The van der Waals surface area contributed by atoms with Gasteiger partial charge in [-0.1, -0.05) is 31.0 Å². The molecule has 7 nitrogen and oxygen atoms in total. The number of hydrogen-bond acceptors (Lipinski definition) is 6. The SMILES string of the molecule is C[C@H](OC(=O)CN1CCSC1=O)C(=O)NC1(C#N)CCCCC1. The molecule has 23 heavy (non-hydrogen) atoms. The summed E-state index contributed by atoms with van der Waals surface area (Å²) in [6, 6.07) is 2.19. The molecule has 2 amide bonds. The third-order valence-electron chi connectivity index (χ3n) is 4.13. The van der Waals surface area contributed by atoms with Crippen LogP contribution in [-0.4, -0.2) is 52.5 Å². The van der Waals surface area contributed by atoms with E-state index in [1.807, 2.05) is 0 Å². The molecule has 0 bridgehead atoms. The van der Waals surface area contributed by atoms with Crippen molar-refractivity contribution in [2.45, 2.75) is 50.7 Å². The normalized spacial score (nSPS) is 21.4. The molecule has 0 aromatic carbocycles. The summed E-state index contributed by atoms with van der Waals surface area (Å²) in [7, 11) is 0. The Hall–Kier alpha value is -1.75. The van der Waals surface area contributed by atoms with E-state index in [1.54, 1.807) is 0 Å². The van der Waals surface area contributed by atoms with Crippen LogP contribution in [0.1, 0.15) is 39.0 Å². The summed E-state index contributed by atoms with van der Waals surface area (Å²) in [5.41, 5.74) is -0.850. The second-order valence-corrected chi connectivity index (χ2v) is 6.96. The Morgan fingerprint density at radius 1 is 1.43 bits per heavy atom. The zero-order valence-corrected chi connectivity index (χ0v) is 14.0. The number of ether oxygens (including phenoxy) is 1. The Morgan fingerprint density at radius 3 is 2.70 bits per heavy atom. The number of carbonyl (C=O) groups excluding carboxylic acids is 3. The lowest BCUT2D eigenvalue weighted by atomic mass is 9.83. The molecule has 1 atom stereocenters. The second-order valence-electron chi connectivity index (χ2n) is 5.91. The third-order valence-corrected chi connectivity index (χ3v) is 5.02. The van der Waals surface area contributed by atoms with E-state index in [0.717, 1.165) is 31.0 Å². The molecule has 1 saturated heterocycles. The van der Waals surface area contributed by atoms with Crippen LogP contribution in [0, 0.1) is 11.3 Å². The molecule has 2 fully saturated rings. The van der Waals surface area contributed by atoms with Gasteiger partial charge in [-0.05, 0) is 19.8 Å². The molecule has 2 aliphatic rings. The van der Waals surface area contributed by atoms with Gasteiger partial charge in [-0.3, -0.25) is 14.4 Å². The Balaban J connectivity index is 1.83. The molecule has 0 unspecified atom stereocenters. The Labute approximate surface area is 139 Å². The first-order chi connectivity index (χ1) is 11.0. The zero-order valence-electron chi connectivity index (χ0n) is 13.2. The predicted octanol–water partition coefficient (Wildman–Crippen LogP) is 1.43. The second kappa shape index (κ2) is 7.68. The fourth-order valence-electron chi connectivity index (χ4n) is 2.77. The molecule has 1 aliphatic carbocycles. The van der Waals surface area contributed by atoms with E-state index in [4.69, 9.17) is 4.74 Å². The standard InChI is InChI=1S/C15H21N3O4S/c1-11(22-12(19)9-18-7-8-23-14(18)21)13(20)17-15(10-16)5-3-2-4-6-15/h11H,2-9H2,1H3,(H,17,20)/t11-/m0/s1. The molecule has 0 aromatic rings. The number of hydrogen-bond donors (Lipinski definition) is 1. The fourth-order valence-corrected chi connectivity index (χ4v) is 3.60. The minimum Gasteiger partial charge on any atom is -0.451 e. The van der Waals surface area contributed by atoms with Crippen LogP contribution in [0.4, 0.5) is 4.79 Å². The molecule has 0 spiro atoms. The van der Waals surface area contributed by atoms with Crippen LogP contribution in [0.3, 0.4) is 0 Å². The Kier molecular flexibility index (Phi) is 5.88. The molecule has 1 saturated carbocycles. The average molecular weight is 339 g/mol. The summed E-state index contributed by atoms with van der Waals surface area (Å²) in [6.07, 6.45) is 3.12. The van der Waals surface area contributed by atoms with Crippen molar-refractivity contribution in [3.8, 4) is 6.07 Å². The van der Waals surface area contributed by atoms with Crippen LogP contribution in [0.15, 0.2) is 0 Å². The van der Waals surface area contributed by atoms with Crippen LogP contribution in [0.2, 0.25) is 0 Å². The Bertz CT molecular complexity index is 525. The van der Waals surface area contributed by atoms with E-state index in [0.29, 0.717) is 25.1 Å². The van der Waals surface area contributed by atoms with Crippen LogP contribution < -0.4 is 5.32 Å². The van der Waals surface area contributed by atoms with Crippen molar-refractivity contribution < 1.29 is 19.1 Å². The van der Waals surface area contributed by atoms with Crippen molar-refractivity contribution in [1.82, 2.24) is 10.2 Å². The predicted molar refractivity (Wildman–Crippen MR) is 84.6 cm³/mol. The van der Waals surface area contributed by atoms with Gasteiger partial charge in [0.2, 0.25) is 0 Å². The van der Waals surface area contributed by atoms with Crippen molar-refractivity contribution in [2.24, 2.45) is 0 Å². The molecule has 0 radical (unpaired) electrons. The molecular formula is C15H21N3O4S. The number of esters is 1. The lowest BCUT2D eigenvalue weighted by Gasteiger charge is -2.32. The maximum atomic E-state index is 12.2. The van der Waals surface area contributed by atoms with Crippen molar-refractivity contribution in [3.05, 3.63) is 0 Å². The monoisotopic (exact) mass is 339 g/mol. The van der Waals surface area contributed by atoms with Crippen LogP contribution in [-0.2, 0) is 14.3 Å². The summed E-state index contributed by atoms with van der Waals surface area (Å²) in [5.74, 6) is -0.422. The van der Waals surface area contributed by atoms with Gasteiger partial charge in [0.05, 0.1) is 6.07 Å². The fraction of sp³-hybridized carbons (Fsp3) is 0.733. The van der Waals surface area contributed by atoms with Crippen LogP contribution in [0.25, 0.3) is 0 Å². The molecule has 2 rings (SSSR count). The maximum absolute atomic E-state index is 12.2. The molecule has 1 aliphatic heterocycles.